The Hall–Kier alpha value is -2.08. The molecule has 18 heavy (non-hydrogen) atoms. The fourth-order valence-corrected chi connectivity index (χ4v) is 1.64. The third-order valence-corrected chi connectivity index (χ3v) is 2.38. The molecule has 0 saturated carbocycles. The molecule has 1 rings (SSSR count). The van der Waals surface area contributed by atoms with Crippen LogP contribution >= 0.6 is 0 Å². The summed E-state index contributed by atoms with van der Waals surface area (Å²) in [5.41, 5.74) is 12.1. The molecule has 5 N–H and O–H groups in total. The number of carbonyl (C=O) groups is 2. The van der Waals surface area contributed by atoms with Gasteiger partial charge in [-0.2, -0.15) is 0 Å². The Morgan fingerprint density at radius 2 is 1.61 bits per heavy atom. The number of hydrogen-bond acceptors (Lipinski definition) is 4. The van der Waals surface area contributed by atoms with Crippen LogP contribution in [-0.4, -0.2) is 32.0 Å². The van der Waals surface area contributed by atoms with Crippen LogP contribution in [-0.2, 0) is 16.1 Å². The Morgan fingerprint density at radius 3 is 2.00 bits per heavy atom. The van der Waals surface area contributed by atoms with Crippen LogP contribution in [0.2, 0.25) is 0 Å². The lowest BCUT2D eigenvalue weighted by Crippen LogP contribution is -2.39. The van der Waals surface area contributed by atoms with E-state index in [2.05, 4.69) is 5.32 Å². The van der Waals surface area contributed by atoms with E-state index < -0.39 is 11.8 Å². The van der Waals surface area contributed by atoms with Gasteiger partial charge in [0.05, 0.1) is 13.1 Å². The molecule has 0 heterocycles. The summed E-state index contributed by atoms with van der Waals surface area (Å²) in [5.74, 6) is -1.01. The molecule has 0 aliphatic carbocycles. The normalized spacial score (nSPS) is 10.1. The minimum Gasteiger partial charge on any atom is -0.368 e. The Balaban J connectivity index is 2.83. The molecule has 0 atom stereocenters. The summed E-state index contributed by atoms with van der Waals surface area (Å²) in [6, 6.07) is 7.50. The summed E-state index contributed by atoms with van der Waals surface area (Å²) >= 11 is 0. The zero-order chi connectivity index (χ0) is 13.5. The Labute approximate surface area is 106 Å². The zero-order valence-corrected chi connectivity index (χ0v) is 10.3. The summed E-state index contributed by atoms with van der Waals surface area (Å²) < 4.78 is 0. The standard InChI is InChI=1S/C12H18N4O2/c1-15-6-9-2-4-10(5-3-9)16(7-11(13)17)8-12(14)18/h2-5,15H,6-8H2,1H3,(H2,13,17)(H2,14,18). The Morgan fingerprint density at radius 1 is 1.11 bits per heavy atom. The maximum Gasteiger partial charge on any atom is 0.236 e. The van der Waals surface area contributed by atoms with Crippen molar-refractivity contribution in [2.75, 3.05) is 25.0 Å². The molecule has 1 aromatic rings. The molecule has 0 bridgehead atoms. The molecule has 6 heteroatoms. The van der Waals surface area contributed by atoms with E-state index in [-0.39, 0.29) is 13.1 Å². The van der Waals surface area contributed by atoms with E-state index in [9.17, 15) is 9.59 Å². The molecule has 98 valence electrons. The fourth-order valence-electron chi connectivity index (χ4n) is 1.64. The second-order valence-electron chi connectivity index (χ2n) is 3.99. The van der Waals surface area contributed by atoms with Gasteiger partial charge < -0.3 is 21.7 Å². The number of anilines is 1. The van der Waals surface area contributed by atoms with E-state index in [1.54, 1.807) is 4.90 Å². The molecule has 0 radical (unpaired) electrons. The molecule has 2 amide bonds. The highest BCUT2D eigenvalue weighted by atomic mass is 16.2. The lowest BCUT2D eigenvalue weighted by Gasteiger charge is -2.21. The van der Waals surface area contributed by atoms with Gasteiger partial charge in [-0.3, -0.25) is 9.59 Å². The van der Waals surface area contributed by atoms with E-state index in [4.69, 9.17) is 11.5 Å². The van der Waals surface area contributed by atoms with E-state index >= 15 is 0 Å². The average molecular weight is 250 g/mol. The monoisotopic (exact) mass is 250 g/mol. The van der Waals surface area contributed by atoms with Gasteiger partial charge in [0.1, 0.15) is 0 Å². The second-order valence-corrected chi connectivity index (χ2v) is 3.99. The average Bonchev–Trinajstić information content (AvgIpc) is 2.28. The quantitative estimate of drug-likeness (QED) is 0.588. The number of rotatable bonds is 7. The smallest absolute Gasteiger partial charge is 0.236 e. The first-order valence-electron chi connectivity index (χ1n) is 5.58. The van der Waals surface area contributed by atoms with Crippen LogP contribution in [0.3, 0.4) is 0 Å². The molecule has 0 unspecified atom stereocenters. The minimum atomic E-state index is -0.504. The van der Waals surface area contributed by atoms with Gasteiger partial charge >= 0.3 is 0 Å². The van der Waals surface area contributed by atoms with Crippen molar-refractivity contribution in [3.8, 4) is 0 Å². The predicted molar refractivity (Wildman–Crippen MR) is 69.8 cm³/mol. The molecule has 0 saturated heterocycles. The number of nitrogens with one attached hydrogen (secondary N) is 1. The second kappa shape index (κ2) is 6.61. The van der Waals surface area contributed by atoms with Crippen LogP contribution in [0.15, 0.2) is 24.3 Å². The number of amides is 2. The van der Waals surface area contributed by atoms with Gasteiger partial charge in [0.25, 0.3) is 0 Å². The largest absolute Gasteiger partial charge is 0.368 e. The number of primary amides is 2. The number of carbonyl (C=O) groups excluding carboxylic acids is 2. The van der Waals surface area contributed by atoms with Crippen molar-refractivity contribution in [3.63, 3.8) is 0 Å². The zero-order valence-electron chi connectivity index (χ0n) is 10.3. The van der Waals surface area contributed by atoms with Gasteiger partial charge in [0, 0.05) is 12.2 Å². The molecule has 0 fully saturated rings. The molecule has 0 aromatic heterocycles. The first kappa shape index (κ1) is 14.0. The van der Waals surface area contributed by atoms with Gasteiger partial charge in [-0.15, -0.1) is 0 Å². The van der Waals surface area contributed by atoms with Gasteiger partial charge in [0.2, 0.25) is 11.8 Å². The van der Waals surface area contributed by atoms with Crippen LogP contribution in [0.25, 0.3) is 0 Å². The lowest BCUT2D eigenvalue weighted by atomic mass is 10.2. The van der Waals surface area contributed by atoms with Crippen molar-refractivity contribution in [2.45, 2.75) is 6.54 Å². The van der Waals surface area contributed by atoms with Crippen molar-refractivity contribution < 1.29 is 9.59 Å². The third-order valence-electron chi connectivity index (χ3n) is 2.38. The summed E-state index contributed by atoms with van der Waals surface area (Å²) in [7, 11) is 1.86. The SMILES string of the molecule is CNCc1ccc(N(CC(N)=O)CC(N)=O)cc1. The molecule has 0 aliphatic rings. The number of benzene rings is 1. The maximum absolute atomic E-state index is 11.0. The first-order valence-corrected chi connectivity index (χ1v) is 5.58. The van der Waals surface area contributed by atoms with Crippen molar-refractivity contribution in [3.05, 3.63) is 29.8 Å². The molecule has 6 nitrogen and oxygen atoms in total. The molecular formula is C12H18N4O2. The van der Waals surface area contributed by atoms with Crippen LogP contribution in [0, 0.1) is 0 Å². The molecule has 0 aliphatic heterocycles. The van der Waals surface area contributed by atoms with Crippen LogP contribution in [0.1, 0.15) is 5.56 Å². The van der Waals surface area contributed by atoms with Crippen LogP contribution in [0.4, 0.5) is 5.69 Å². The summed E-state index contributed by atoms with van der Waals surface area (Å²) in [5, 5.41) is 3.04. The topological polar surface area (TPSA) is 101 Å². The maximum atomic E-state index is 11.0. The van der Waals surface area contributed by atoms with Gasteiger partial charge in [0.15, 0.2) is 0 Å². The van der Waals surface area contributed by atoms with Crippen LogP contribution < -0.4 is 21.7 Å². The Bertz CT molecular complexity index is 401. The number of nitrogens with zero attached hydrogens (tertiary/aromatic N) is 1. The number of nitrogens with two attached hydrogens (primary N) is 2. The minimum absolute atomic E-state index is 0.0334. The van der Waals surface area contributed by atoms with Crippen molar-refractivity contribution in [2.24, 2.45) is 11.5 Å². The van der Waals surface area contributed by atoms with Crippen molar-refractivity contribution in [1.29, 1.82) is 0 Å². The van der Waals surface area contributed by atoms with E-state index in [1.807, 2.05) is 31.3 Å². The van der Waals surface area contributed by atoms with Gasteiger partial charge in [-0.1, -0.05) is 12.1 Å². The number of hydrogen-bond donors (Lipinski definition) is 3. The molecular weight excluding hydrogens is 232 g/mol. The van der Waals surface area contributed by atoms with E-state index in [0.717, 1.165) is 17.8 Å². The highest BCUT2D eigenvalue weighted by Crippen LogP contribution is 2.14. The third kappa shape index (κ3) is 4.42. The van der Waals surface area contributed by atoms with E-state index in [1.165, 1.54) is 0 Å². The molecule has 1 aromatic carbocycles. The first-order chi connectivity index (χ1) is 8.52. The Kier molecular flexibility index (Phi) is 5.13. The van der Waals surface area contributed by atoms with E-state index in [0.29, 0.717) is 0 Å². The lowest BCUT2D eigenvalue weighted by molar-refractivity contribution is -0.117. The van der Waals surface area contributed by atoms with Crippen LogP contribution in [0.5, 0.6) is 0 Å². The fraction of sp³-hybridized carbons (Fsp3) is 0.333. The van der Waals surface area contributed by atoms with Crippen molar-refractivity contribution in [1.82, 2.24) is 5.32 Å². The summed E-state index contributed by atoms with van der Waals surface area (Å²) in [6.45, 7) is 0.689. The van der Waals surface area contributed by atoms with Gasteiger partial charge in [-0.25, -0.2) is 0 Å². The van der Waals surface area contributed by atoms with Gasteiger partial charge in [-0.05, 0) is 24.7 Å². The highest BCUT2D eigenvalue weighted by molar-refractivity contribution is 5.84. The molecule has 0 spiro atoms. The summed E-state index contributed by atoms with van der Waals surface area (Å²) in [4.78, 5) is 23.5. The highest BCUT2D eigenvalue weighted by Gasteiger charge is 2.11. The summed E-state index contributed by atoms with van der Waals surface area (Å²) in [6.07, 6.45) is 0. The van der Waals surface area contributed by atoms with Crippen molar-refractivity contribution >= 4 is 17.5 Å². The predicted octanol–water partition coefficient (Wildman–Crippen LogP) is -0.817.